The van der Waals surface area contributed by atoms with E-state index in [-0.39, 0.29) is 35.6 Å². The fourth-order valence-corrected chi connectivity index (χ4v) is 4.31. The number of halogens is 6. The number of aliphatic hydroxyl groups is 1. The van der Waals surface area contributed by atoms with Gasteiger partial charge in [0.2, 0.25) is 5.91 Å². The number of benzene rings is 2. The third-order valence-corrected chi connectivity index (χ3v) is 6.65. The van der Waals surface area contributed by atoms with E-state index in [1.54, 1.807) is 7.05 Å². The summed E-state index contributed by atoms with van der Waals surface area (Å²) in [6, 6.07) is 12.0. The summed E-state index contributed by atoms with van der Waals surface area (Å²) in [6.07, 6.45) is -8.85. The average Bonchev–Trinajstić information content (AvgIpc) is 2.87. The number of amides is 1. The summed E-state index contributed by atoms with van der Waals surface area (Å²) in [7, 11) is 2.87. The third-order valence-electron chi connectivity index (χ3n) is 6.65. The topological polar surface area (TPSA) is 61.8 Å². The molecule has 0 aliphatic carbocycles. The molecule has 212 valence electrons. The lowest BCUT2D eigenvalue weighted by molar-refractivity contribution is -0.143. The number of ether oxygens (including phenoxy) is 1. The summed E-state index contributed by atoms with van der Waals surface area (Å²) in [5.74, 6) is 0.275. The Hall–Kier alpha value is -2.63. The molecular weight excluding hydrogens is 514 g/mol. The molecule has 0 aromatic heterocycles. The van der Waals surface area contributed by atoms with Gasteiger partial charge in [0.15, 0.2) is 0 Å². The Morgan fingerprint density at radius 2 is 1.58 bits per heavy atom. The van der Waals surface area contributed by atoms with E-state index in [4.69, 9.17) is 4.74 Å². The van der Waals surface area contributed by atoms with E-state index in [2.05, 4.69) is 22.3 Å². The molecule has 1 amide bonds. The van der Waals surface area contributed by atoms with Gasteiger partial charge in [-0.2, -0.15) is 26.3 Å². The predicted molar refractivity (Wildman–Crippen MR) is 131 cm³/mol. The molecule has 1 saturated heterocycles. The lowest BCUT2D eigenvalue weighted by Gasteiger charge is -2.40. The van der Waals surface area contributed by atoms with Crippen molar-refractivity contribution in [3.63, 3.8) is 0 Å². The minimum absolute atomic E-state index is 0.0252. The average molecular weight is 549 g/mol. The molecule has 5 nitrogen and oxygen atoms in total. The molecule has 1 fully saturated rings. The number of methoxy groups -OCH3 is 1. The van der Waals surface area contributed by atoms with Gasteiger partial charge in [-0.15, -0.1) is 0 Å². The Bertz CT molecular complexity index is 995. The molecule has 2 aromatic rings. The van der Waals surface area contributed by atoms with E-state index < -0.39 is 29.6 Å². The van der Waals surface area contributed by atoms with Crippen molar-refractivity contribution in [2.24, 2.45) is 5.92 Å². The molecule has 2 N–H and O–H groups in total. The number of likely N-dealkylation sites (tertiary alicyclic amines) is 1. The Morgan fingerprint density at radius 3 is 2.03 bits per heavy atom. The highest BCUT2D eigenvalue weighted by Crippen LogP contribution is 2.38. The van der Waals surface area contributed by atoms with Crippen LogP contribution in [0, 0.1) is 5.92 Å². The molecule has 38 heavy (non-hydrogen) atoms. The van der Waals surface area contributed by atoms with Crippen LogP contribution in [-0.2, 0) is 21.9 Å². The summed E-state index contributed by atoms with van der Waals surface area (Å²) in [5, 5.41) is 12.5. The maximum atomic E-state index is 12.5. The second kappa shape index (κ2) is 13.4. The van der Waals surface area contributed by atoms with Crippen LogP contribution in [0.3, 0.4) is 0 Å². The highest BCUT2D eigenvalue weighted by molar-refractivity contribution is 5.77. The van der Waals surface area contributed by atoms with Crippen molar-refractivity contribution in [3.05, 3.63) is 70.8 Å². The Labute approximate surface area is 218 Å². The van der Waals surface area contributed by atoms with Gasteiger partial charge in [0.05, 0.1) is 29.9 Å². The number of rotatable bonds is 6. The summed E-state index contributed by atoms with van der Waals surface area (Å²) in [6.45, 7) is 4.37. The SMILES string of the molecule is CNC(=O)CN1CC(C(C)O)CC[C@H]1c1ccccc1.CO[C@H](C)c1cc(C(F)(F)F)cc(C(F)(F)F)c1. The molecule has 3 rings (SSSR count). The van der Waals surface area contributed by atoms with Crippen LogP contribution in [0.2, 0.25) is 0 Å². The van der Waals surface area contributed by atoms with Gasteiger partial charge in [0.25, 0.3) is 0 Å². The van der Waals surface area contributed by atoms with Crippen LogP contribution in [0.15, 0.2) is 48.5 Å². The largest absolute Gasteiger partial charge is 0.416 e. The number of likely N-dealkylation sites (N-methyl/N-ethyl adjacent to an activating group) is 1. The van der Waals surface area contributed by atoms with Gasteiger partial charge in [-0.25, -0.2) is 0 Å². The van der Waals surface area contributed by atoms with Crippen LogP contribution in [0.1, 0.15) is 61.1 Å². The molecule has 0 radical (unpaired) electrons. The molecule has 2 unspecified atom stereocenters. The first kappa shape index (κ1) is 31.6. The number of nitrogens with one attached hydrogen (secondary N) is 1. The molecule has 1 heterocycles. The van der Waals surface area contributed by atoms with Crippen molar-refractivity contribution in [3.8, 4) is 0 Å². The number of nitrogens with zero attached hydrogens (tertiary/aromatic N) is 1. The smallest absolute Gasteiger partial charge is 0.393 e. The van der Waals surface area contributed by atoms with Gasteiger partial charge >= 0.3 is 12.4 Å². The number of carbonyl (C=O) groups is 1. The third kappa shape index (κ3) is 8.99. The normalized spacial score (nSPS) is 20.2. The Balaban J connectivity index is 0.000000269. The van der Waals surface area contributed by atoms with Crippen molar-refractivity contribution >= 4 is 5.91 Å². The molecule has 0 bridgehead atoms. The first-order valence-electron chi connectivity index (χ1n) is 12.2. The predicted octanol–water partition coefficient (Wildman–Crippen LogP) is 6.00. The molecule has 1 aliphatic heterocycles. The fraction of sp³-hybridized carbons (Fsp3) is 0.519. The molecular formula is C27H34F6N2O3. The highest BCUT2D eigenvalue weighted by atomic mass is 19.4. The van der Waals surface area contributed by atoms with Crippen LogP contribution in [0.25, 0.3) is 0 Å². The van der Waals surface area contributed by atoms with E-state index in [1.165, 1.54) is 19.6 Å². The zero-order valence-corrected chi connectivity index (χ0v) is 21.7. The minimum atomic E-state index is -4.83. The summed E-state index contributed by atoms with van der Waals surface area (Å²) in [5.41, 5.74) is -1.59. The van der Waals surface area contributed by atoms with E-state index in [0.29, 0.717) is 18.7 Å². The van der Waals surface area contributed by atoms with Crippen molar-refractivity contribution < 1.29 is 41.0 Å². The first-order chi connectivity index (χ1) is 17.7. The monoisotopic (exact) mass is 548 g/mol. The van der Waals surface area contributed by atoms with Gasteiger partial charge in [-0.1, -0.05) is 30.3 Å². The summed E-state index contributed by atoms with van der Waals surface area (Å²) < 4.78 is 79.7. The second-order valence-electron chi connectivity index (χ2n) is 9.32. The van der Waals surface area contributed by atoms with E-state index in [0.717, 1.165) is 19.4 Å². The maximum absolute atomic E-state index is 12.5. The van der Waals surface area contributed by atoms with Crippen LogP contribution in [0.5, 0.6) is 0 Å². The fourth-order valence-electron chi connectivity index (χ4n) is 4.31. The standard InChI is InChI=1S/C16H24N2O2.C11H10F6O/c1-12(19)14-8-9-15(13-6-4-3-5-7-13)18(10-14)11-16(20)17-2;1-6(18-2)7-3-8(10(12,13)14)5-9(4-7)11(15,16)17/h3-7,12,14-15,19H,8-11H2,1-2H3,(H,17,20);3-6H,1-2H3/t12?,14?,15-;6-/m01/s1. The minimum Gasteiger partial charge on any atom is -0.393 e. The van der Waals surface area contributed by atoms with Crippen LogP contribution < -0.4 is 5.32 Å². The highest BCUT2D eigenvalue weighted by Gasteiger charge is 2.37. The van der Waals surface area contributed by atoms with Gasteiger partial charge in [0.1, 0.15) is 0 Å². The van der Waals surface area contributed by atoms with Crippen molar-refractivity contribution in [2.75, 3.05) is 27.2 Å². The lowest BCUT2D eigenvalue weighted by atomic mass is 9.86. The first-order valence-corrected chi connectivity index (χ1v) is 12.2. The molecule has 11 heteroatoms. The zero-order valence-electron chi connectivity index (χ0n) is 21.7. The van der Waals surface area contributed by atoms with Crippen LogP contribution >= 0.6 is 0 Å². The number of aliphatic hydroxyl groups excluding tert-OH is 1. The van der Waals surface area contributed by atoms with Gasteiger partial charge in [-0.05, 0) is 61.9 Å². The van der Waals surface area contributed by atoms with Crippen LogP contribution in [0.4, 0.5) is 26.3 Å². The number of carbonyl (C=O) groups excluding carboxylic acids is 1. The number of hydrogen-bond donors (Lipinski definition) is 2. The van der Waals surface area contributed by atoms with Crippen molar-refractivity contribution in [1.82, 2.24) is 10.2 Å². The van der Waals surface area contributed by atoms with E-state index in [1.807, 2.05) is 25.1 Å². The summed E-state index contributed by atoms with van der Waals surface area (Å²) >= 11 is 0. The lowest BCUT2D eigenvalue weighted by Crippen LogP contribution is -2.45. The number of piperidine rings is 1. The summed E-state index contributed by atoms with van der Waals surface area (Å²) in [4.78, 5) is 13.9. The van der Waals surface area contributed by atoms with Gasteiger partial charge < -0.3 is 15.2 Å². The Kier molecular flexibility index (Phi) is 11.2. The molecule has 4 atom stereocenters. The maximum Gasteiger partial charge on any atom is 0.416 e. The Morgan fingerprint density at radius 1 is 1.03 bits per heavy atom. The second-order valence-corrected chi connectivity index (χ2v) is 9.32. The van der Waals surface area contributed by atoms with Gasteiger partial charge in [-0.3, -0.25) is 9.69 Å². The zero-order chi connectivity index (χ0) is 28.7. The molecule has 1 aliphatic rings. The van der Waals surface area contributed by atoms with Crippen LogP contribution in [-0.4, -0.2) is 49.3 Å². The van der Waals surface area contributed by atoms with Gasteiger partial charge in [0, 0.05) is 26.7 Å². The van der Waals surface area contributed by atoms with E-state index >= 15 is 0 Å². The molecule has 0 spiro atoms. The van der Waals surface area contributed by atoms with Crippen molar-refractivity contribution in [1.29, 1.82) is 0 Å². The molecule has 0 saturated carbocycles. The van der Waals surface area contributed by atoms with E-state index in [9.17, 15) is 36.2 Å². The quantitative estimate of drug-likeness (QED) is 0.435. The number of hydrogen-bond acceptors (Lipinski definition) is 4. The molecule has 2 aromatic carbocycles. The van der Waals surface area contributed by atoms with Crippen molar-refractivity contribution in [2.45, 2.75) is 57.3 Å². The number of alkyl halides is 6.